The van der Waals surface area contributed by atoms with Gasteiger partial charge in [0.2, 0.25) is 12.5 Å². The van der Waals surface area contributed by atoms with Crippen LogP contribution >= 0.6 is 11.6 Å². The molecule has 4 aromatic rings. The molecule has 0 saturated heterocycles. The van der Waals surface area contributed by atoms with E-state index in [2.05, 4.69) is 10.4 Å². The van der Waals surface area contributed by atoms with Crippen LogP contribution in [0.1, 0.15) is 21.6 Å². The van der Waals surface area contributed by atoms with Crippen molar-refractivity contribution >= 4 is 17.5 Å². The first kappa shape index (κ1) is 22.4. The Morgan fingerprint density at radius 2 is 1.71 bits per heavy atom. The van der Waals surface area contributed by atoms with Gasteiger partial charge >= 0.3 is 5.69 Å². The number of para-hydroxylation sites is 1. The zero-order chi connectivity index (χ0) is 24.4. The summed E-state index contributed by atoms with van der Waals surface area (Å²) in [5.74, 6) is 0.485. The fourth-order valence-corrected chi connectivity index (χ4v) is 3.84. The van der Waals surface area contributed by atoms with Crippen LogP contribution in [0.3, 0.4) is 0 Å². The summed E-state index contributed by atoms with van der Waals surface area (Å²) in [5.41, 5.74) is -0.198. The highest BCUT2D eigenvalue weighted by molar-refractivity contribution is 6.31. The molecular formula is C25H19ClN4O5. The molecular weight excluding hydrogens is 472 g/mol. The highest BCUT2D eigenvalue weighted by Crippen LogP contribution is 2.32. The third-order valence-electron chi connectivity index (χ3n) is 5.45. The summed E-state index contributed by atoms with van der Waals surface area (Å²) in [5, 5.41) is 7.21. The van der Waals surface area contributed by atoms with E-state index in [-0.39, 0.29) is 19.9 Å². The van der Waals surface area contributed by atoms with Crippen molar-refractivity contribution < 1.29 is 14.3 Å². The van der Waals surface area contributed by atoms with Crippen LogP contribution in [0.4, 0.5) is 0 Å². The molecule has 0 saturated carbocycles. The van der Waals surface area contributed by atoms with E-state index in [1.165, 1.54) is 0 Å². The number of aromatic nitrogens is 3. The van der Waals surface area contributed by atoms with Gasteiger partial charge in [-0.05, 0) is 41.5 Å². The van der Waals surface area contributed by atoms with Crippen molar-refractivity contribution in [3.63, 3.8) is 0 Å². The lowest BCUT2D eigenvalue weighted by atomic mass is 10.2. The van der Waals surface area contributed by atoms with Gasteiger partial charge in [0.15, 0.2) is 11.5 Å². The summed E-state index contributed by atoms with van der Waals surface area (Å²) < 4.78 is 12.6. The van der Waals surface area contributed by atoms with Gasteiger partial charge in [-0.15, -0.1) is 0 Å². The quantitative estimate of drug-likeness (QED) is 0.445. The van der Waals surface area contributed by atoms with Gasteiger partial charge in [-0.25, -0.2) is 4.79 Å². The van der Waals surface area contributed by atoms with E-state index < -0.39 is 22.9 Å². The standard InChI is InChI=1S/C25H19ClN4O5/c26-19-9-5-4-6-17(19)14-29-24(32)22(28-30(25(29)33)18-7-2-1-3-8-18)23(31)27-13-16-10-11-20-21(12-16)35-15-34-20/h1-12H,13-15H2,(H,27,31). The van der Waals surface area contributed by atoms with E-state index in [1.807, 2.05) is 0 Å². The summed E-state index contributed by atoms with van der Waals surface area (Å²) in [4.78, 5) is 39.5. The molecule has 0 spiro atoms. The summed E-state index contributed by atoms with van der Waals surface area (Å²) in [6, 6.07) is 20.7. The zero-order valence-corrected chi connectivity index (χ0v) is 19.1. The molecule has 5 rings (SSSR count). The molecule has 35 heavy (non-hydrogen) atoms. The van der Waals surface area contributed by atoms with Crippen molar-refractivity contribution in [1.29, 1.82) is 0 Å². The van der Waals surface area contributed by atoms with Crippen molar-refractivity contribution in [2.75, 3.05) is 6.79 Å². The highest BCUT2D eigenvalue weighted by atomic mass is 35.5. The molecule has 9 nitrogen and oxygen atoms in total. The number of carbonyl (C=O) groups excluding carboxylic acids is 1. The number of rotatable bonds is 6. The van der Waals surface area contributed by atoms with E-state index in [0.717, 1.165) is 14.8 Å². The first-order valence-corrected chi connectivity index (χ1v) is 11.1. The fourth-order valence-electron chi connectivity index (χ4n) is 3.65. The smallest absolute Gasteiger partial charge is 0.352 e. The molecule has 0 aliphatic carbocycles. The Balaban J connectivity index is 1.51. The number of nitrogens with zero attached hydrogens (tertiary/aromatic N) is 3. The van der Waals surface area contributed by atoms with Crippen molar-refractivity contribution in [3.8, 4) is 17.2 Å². The Hall–Kier alpha value is -4.37. The maximum atomic E-state index is 13.2. The number of carbonyl (C=O) groups is 1. The maximum absolute atomic E-state index is 13.2. The van der Waals surface area contributed by atoms with E-state index in [9.17, 15) is 14.4 Å². The second-order valence-corrected chi connectivity index (χ2v) is 8.14. The Labute approximate surface area is 204 Å². The third kappa shape index (κ3) is 4.53. The van der Waals surface area contributed by atoms with E-state index in [4.69, 9.17) is 21.1 Å². The van der Waals surface area contributed by atoms with Crippen LogP contribution in [0.25, 0.3) is 5.69 Å². The Morgan fingerprint density at radius 3 is 2.51 bits per heavy atom. The minimum atomic E-state index is -0.815. The van der Waals surface area contributed by atoms with Crippen molar-refractivity contribution in [2.24, 2.45) is 0 Å². The van der Waals surface area contributed by atoms with E-state index in [1.54, 1.807) is 72.8 Å². The van der Waals surface area contributed by atoms with Crippen LogP contribution in [-0.2, 0) is 13.1 Å². The Kier molecular flexibility index (Phi) is 6.07. The monoisotopic (exact) mass is 490 g/mol. The second-order valence-electron chi connectivity index (χ2n) is 7.73. The topological polar surface area (TPSA) is 104 Å². The first-order chi connectivity index (χ1) is 17.0. The van der Waals surface area contributed by atoms with Crippen LogP contribution in [0, 0.1) is 0 Å². The van der Waals surface area contributed by atoms with Crippen molar-refractivity contribution in [3.05, 3.63) is 115 Å². The molecule has 10 heteroatoms. The average molecular weight is 491 g/mol. The lowest BCUT2D eigenvalue weighted by molar-refractivity contribution is 0.0941. The van der Waals surface area contributed by atoms with Gasteiger partial charge < -0.3 is 14.8 Å². The van der Waals surface area contributed by atoms with E-state index in [0.29, 0.717) is 27.8 Å². The first-order valence-electron chi connectivity index (χ1n) is 10.7. The molecule has 1 aliphatic rings. The van der Waals surface area contributed by atoms with Crippen molar-refractivity contribution in [2.45, 2.75) is 13.1 Å². The summed E-state index contributed by atoms with van der Waals surface area (Å²) in [6.45, 7) is 0.141. The number of halogens is 1. The van der Waals surface area contributed by atoms with Crippen LogP contribution in [0.15, 0.2) is 82.4 Å². The van der Waals surface area contributed by atoms with Gasteiger partial charge in [-0.1, -0.05) is 54.1 Å². The predicted molar refractivity (Wildman–Crippen MR) is 128 cm³/mol. The molecule has 1 aliphatic heterocycles. The maximum Gasteiger partial charge on any atom is 0.352 e. The molecule has 0 unspecified atom stereocenters. The Bertz CT molecular complexity index is 1530. The van der Waals surface area contributed by atoms with Gasteiger partial charge in [-0.3, -0.25) is 14.2 Å². The second kappa shape index (κ2) is 9.47. The minimum absolute atomic E-state index is 0.116. The molecule has 0 atom stereocenters. The third-order valence-corrected chi connectivity index (χ3v) is 5.82. The van der Waals surface area contributed by atoms with Gasteiger partial charge in [0.1, 0.15) is 0 Å². The lowest BCUT2D eigenvalue weighted by Crippen LogP contribution is -2.46. The number of ether oxygens (including phenoxy) is 2. The molecule has 1 aromatic heterocycles. The minimum Gasteiger partial charge on any atom is -0.454 e. The van der Waals surface area contributed by atoms with E-state index >= 15 is 0 Å². The van der Waals surface area contributed by atoms with Crippen LogP contribution in [-0.4, -0.2) is 27.0 Å². The van der Waals surface area contributed by atoms with Gasteiger partial charge in [0.05, 0.1) is 12.2 Å². The lowest BCUT2D eigenvalue weighted by Gasteiger charge is -2.13. The number of amides is 1. The van der Waals surface area contributed by atoms with Gasteiger partial charge in [0.25, 0.3) is 11.5 Å². The molecule has 0 fully saturated rings. The molecule has 0 bridgehead atoms. The molecule has 3 aromatic carbocycles. The number of nitrogens with one attached hydrogen (secondary N) is 1. The van der Waals surface area contributed by atoms with Crippen LogP contribution < -0.4 is 26.0 Å². The fraction of sp³-hybridized carbons (Fsp3) is 0.120. The molecule has 1 N–H and O–H groups in total. The number of hydrogen-bond donors (Lipinski definition) is 1. The largest absolute Gasteiger partial charge is 0.454 e. The normalized spacial score (nSPS) is 11.9. The molecule has 1 amide bonds. The average Bonchev–Trinajstić information content (AvgIpc) is 3.35. The van der Waals surface area contributed by atoms with Crippen LogP contribution in [0.5, 0.6) is 11.5 Å². The number of hydrogen-bond acceptors (Lipinski definition) is 6. The predicted octanol–water partition coefficient (Wildman–Crippen LogP) is 2.75. The SMILES string of the molecule is O=C(NCc1ccc2c(c1)OCO2)c1nn(-c2ccccc2)c(=O)n(Cc2ccccc2Cl)c1=O. The van der Waals surface area contributed by atoms with Gasteiger partial charge in [0, 0.05) is 11.6 Å². The summed E-state index contributed by atoms with van der Waals surface area (Å²) >= 11 is 6.26. The summed E-state index contributed by atoms with van der Waals surface area (Å²) in [6.07, 6.45) is 0. The summed E-state index contributed by atoms with van der Waals surface area (Å²) in [7, 11) is 0. The number of fused-ring (bicyclic) bond motifs is 1. The number of benzene rings is 3. The zero-order valence-electron chi connectivity index (χ0n) is 18.3. The molecule has 2 heterocycles. The Morgan fingerprint density at radius 1 is 0.971 bits per heavy atom. The molecule has 176 valence electrons. The molecule has 0 radical (unpaired) electrons. The van der Waals surface area contributed by atoms with Gasteiger partial charge in [-0.2, -0.15) is 9.78 Å². The van der Waals surface area contributed by atoms with Crippen LogP contribution in [0.2, 0.25) is 5.02 Å². The highest BCUT2D eigenvalue weighted by Gasteiger charge is 2.21. The van der Waals surface area contributed by atoms with Crippen molar-refractivity contribution in [1.82, 2.24) is 19.7 Å².